The summed E-state index contributed by atoms with van der Waals surface area (Å²) >= 11 is 0. The first-order valence-electron chi connectivity index (χ1n) is 6.30. The Kier molecular flexibility index (Phi) is 3.75. The molecule has 0 amide bonds. The Hall–Kier alpha value is -0.910. The van der Waals surface area contributed by atoms with Gasteiger partial charge in [-0.2, -0.15) is 0 Å². The van der Waals surface area contributed by atoms with E-state index in [1.807, 2.05) is 6.07 Å². The Balaban J connectivity index is 2.10. The predicted molar refractivity (Wildman–Crippen MR) is 71.5 cm³/mol. The molecule has 1 aliphatic rings. The minimum Gasteiger partial charge on any atom is -0.326 e. The molecule has 1 saturated carbocycles. The average Bonchev–Trinajstić information content (AvgIpc) is 3.17. The van der Waals surface area contributed by atoms with Crippen molar-refractivity contribution in [3.05, 3.63) is 29.8 Å². The molecular weight excluding hydrogens is 248 g/mol. The van der Waals surface area contributed by atoms with E-state index in [9.17, 15) is 8.42 Å². The highest BCUT2D eigenvalue weighted by Gasteiger charge is 2.41. The summed E-state index contributed by atoms with van der Waals surface area (Å²) in [5, 5.41) is 0. The summed E-state index contributed by atoms with van der Waals surface area (Å²) in [6, 6.07) is 6.79. The monoisotopic (exact) mass is 268 g/mol. The summed E-state index contributed by atoms with van der Waals surface area (Å²) in [4.78, 5) is 0.303. The Morgan fingerprint density at radius 3 is 2.67 bits per heavy atom. The zero-order valence-electron chi connectivity index (χ0n) is 10.6. The van der Waals surface area contributed by atoms with Crippen LogP contribution in [-0.4, -0.2) is 15.0 Å². The molecule has 18 heavy (non-hydrogen) atoms. The van der Waals surface area contributed by atoms with Crippen LogP contribution in [0, 0.1) is 5.41 Å². The number of hydrogen-bond donors (Lipinski definition) is 2. The van der Waals surface area contributed by atoms with Crippen LogP contribution < -0.4 is 10.5 Å². The van der Waals surface area contributed by atoms with Crippen molar-refractivity contribution in [2.45, 2.75) is 37.6 Å². The third kappa shape index (κ3) is 2.91. The molecule has 0 saturated heterocycles. The fourth-order valence-corrected chi connectivity index (χ4v) is 3.23. The first-order valence-corrected chi connectivity index (χ1v) is 7.78. The van der Waals surface area contributed by atoms with Gasteiger partial charge in [-0.3, -0.25) is 0 Å². The van der Waals surface area contributed by atoms with Crippen LogP contribution in [0.1, 0.15) is 31.7 Å². The zero-order chi connectivity index (χ0) is 13.2. The molecule has 3 N–H and O–H groups in total. The maximum absolute atomic E-state index is 12.1. The van der Waals surface area contributed by atoms with Crippen molar-refractivity contribution in [3.63, 3.8) is 0 Å². The van der Waals surface area contributed by atoms with Crippen molar-refractivity contribution in [1.82, 2.24) is 4.72 Å². The van der Waals surface area contributed by atoms with E-state index in [4.69, 9.17) is 5.73 Å². The summed E-state index contributed by atoms with van der Waals surface area (Å²) in [7, 11) is -3.40. The van der Waals surface area contributed by atoms with Crippen LogP contribution in [0.25, 0.3) is 0 Å². The summed E-state index contributed by atoms with van der Waals surface area (Å²) in [6.45, 7) is 3.00. The van der Waals surface area contributed by atoms with Crippen LogP contribution in [0.5, 0.6) is 0 Å². The molecule has 0 aromatic heterocycles. The van der Waals surface area contributed by atoms with Crippen LogP contribution >= 0.6 is 0 Å². The number of rotatable bonds is 6. The molecule has 5 heteroatoms. The normalized spacial score (nSPS) is 17.7. The lowest BCUT2D eigenvalue weighted by molar-refractivity contribution is 0.475. The van der Waals surface area contributed by atoms with E-state index in [-0.39, 0.29) is 5.41 Å². The molecule has 0 aliphatic heterocycles. The van der Waals surface area contributed by atoms with Gasteiger partial charge in [-0.1, -0.05) is 19.1 Å². The molecule has 0 radical (unpaired) electrons. The largest absolute Gasteiger partial charge is 0.326 e. The van der Waals surface area contributed by atoms with E-state index in [1.165, 1.54) is 0 Å². The lowest BCUT2D eigenvalue weighted by Gasteiger charge is -2.14. The summed E-state index contributed by atoms with van der Waals surface area (Å²) < 4.78 is 27.0. The molecule has 0 bridgehead atoms. The third-order valence-electron chi connectivity index (χ3n) is 3.79. The van der Waals surface area contributed by atoms with Gasteiger partial charge in [0.25, 0.3) is 0 Å². The lowest BCUT2D eigenvalue weighted by Crippen LogP contribution is -2.30. The maximum atomic E-state index is 12.1. The minimum atomic E-state index is -3.40. The van der Waals surface area contributed by atoms with E-state index < -0.39 is 10.0 Å². The predicted octanol–water partition coefficient (Wildman–Crippen LogP) is 1.61. The van der Waals surface area contributed by atoms with Crippen LogP contribution in [-0.2, 0) is 16.6 Å². The summed E-state index contributed by atoms with van der Waals surface area (Å²) in [6.07, 6.45) is 3.27. The molecule has 1 aliphatic carbocycles. The molecule has 1 aromatic carbocycles. The molecule has 0 heterocycles. The smallest absolute Gasteiger partial charge is 0.240 e. The molecule has 0 unspecified atom stereocenters. The molecule has 0 spiro atoms. The molecule has 1 fully saturated rings. The van der Waals surface area contributed by atoms with Crippen LogP contribution in [0.15, 0.2) is 29.2 Å². The van der Waals surface area contributed by atoms with Crippen LogP contribution in [0.2, 0.25) is 0 Å². The van der Waals surface area contributed by atoms with E-state index in [2.05, 4.69) is 11.6 Å². The van der Waals surface area contributed by atoms with Crippen LogP contribution in [0.4, 0.5) is 0 Å². The van der Waals surface area contributed by atoms with Gasteiger partial charge in [-0.05, 0) is 42.4 Å². The fraction of sp³-hybridized carbons (Fsp3) is 0.538. The van der Waals surface area contributed by atoms with Crippen molar-refractivity contribution in [2.75, 3.05) is 6.54 Å². The molecule has 4 nitrogen and oxygen atoms in total. The second kappa shape index (κ2) is 4.99. The highest BCUT2D eigenvalue weighted by atomic mass is 32.2. The Bertz CT molecular complexity index is 522. The van der Waals surface area contributed by atoms with Gasteiger partial charge in [-0.15, -0.1) is 0 Å². The molecule has 0 atom stereocenters. The van der Waals surface area contributed by atoms with Gasteiger partial charge in [0, 0.05) is 13.1 Å². The molecular formula is C13H20N2O2S. The van der Waals surface area contributed by atoms with Gasteiger partial charge in [0.05, 0.1) is 4.90 Å². The van der Waals surface area contributed by atoms with Gasteiger partial charge in [0.15, 0.2) is 0 Å². The standard InChI is InChI=1S/C13H20N2O2S/c1-2-13(6-7-13)10-15-18(16,17)12-5-3-4-11(8-12)9-14/h3-5,8,15H,2,6-7,9-10,14H2,1H3. The number of nitrogens with two attached hydrogens (primary N) is 1. The van der Waals surface area contributed by atoms with Gasteiger partial charge < -0.3 is 5.73 Å². The third-order valence-corrected chi connectivity index (χ3v) is 5.19. The second-order valence-electron chi connectivity index (χ2n) is 5.03. The first-order chi connectivity index (χ1) is 8.51. The average molecular weight is 268 g/mol. The van der Waals surface area contributed by atoms with Gasteiger partial charge >= 0.3 is 0 Å². The molecule has 100 valence electrons. The Labute approximate surface area is 109 Å². The van der Waals surface area contributed by atoms with Crippen molar-refractivity contribution in [3.8, 4) is 0 Å². The van der Waals surface area contributed by atoms with Crippen LogP contribution in [0.3, 0.4) is 0 Å². The van der Waals surface area contributed by atoms with Crippen molar-refractivity contribution in [1.29, 1.82) is 0 Å². The van der Waals surface area contributed by atoms with E-state index in [0.717, 1.165) is 24.8 Å². The van der Waals surface area contributed by atoms with Gasteiger partial charge in [0.1, 0.15) is 0 Å². The number of nitrogens with one attached hydrogen (secondary N) is 1. The van der Waals surface area contributed by atoms with E-state index in [0.29, 0.717) is 18.0 Å². The van der Waals surface area contributed by atoms with E-state index in [1.54, 1.807) is 18.2 Å². The van der Waals surface area contributed by atoms with Crippen molar-refractivity contribution < 1.29 is 8.42 Å². The highest BCUT2D eigenvalue weighted by molar-refractivity contribution is 7.89. The summed E-state index contributed by atoms with van der Waals surface area (Å²) in [5.41, 5.74) is 6.56. The second-order valence-corrected chi connectivity index (χ2v) is 6.80. The van der Waals surface area contributed by atoms with Crippen molar-refractivity contribution in [2.24, 2.45) is 11.1 Å². The number of hydrogen-bond acceptors (Lipinski definition) is 3. The zero-order valence-corrected chi connectivity index (χ0v) is 11.5. The minimum absolute atomic E-state index is 0.207. The molecule has 1 aromatic rings. The molecule has 2 rings (SSSR count). The summed E-state index contributed by atoms with van der Waals surface area (Å²) in [5.74, 6) is 0. The number of benzene rings is 1. The quantitative estimate of drug-likeness (QED) is 0.823. The lowest BCUT2D eigenvalue weighted by atomic mass is 10.1. The van der Waals surface area contributed by atoms with Gasteiger partial charge in [0.2, 0.25) is 10.0 Å². The fourth-order valence-electron chi connectivity index (χ4n) is 2.00. The van der Waals surface area contributed by atoms with Crippen molar-refractivity contribution >= 4 is 10.0 Å². The Morgan fingerprint density at radius 2 is 2.11 bits per heavy atom. The number of sulfonamides is 1. The maximum Gasteiger partial charge on any atom is 0.240 e. The Morgan fingerprint density at radius 1 is 1.39 bits per heavy atom. The SMILES string of the molecule is CCC1(CNS(=O)(=O)c2cccc(CN)c2)CC1. The topological polar surface area (TPSA) is 72.2 Å². The highest BCUT2D eigenvalue weighted by Crippen LogP contribution is 2.48. The first kappa shape index (κ1) is 13.5. The van der Waals surface area contributed by atoms with Gasteiger partial charge in [-0.25, -0.2) is 13.1 Å². The van der Waals surface area contributed by atoms with E-state index >= 15 is 0 Å².